The van der Waals surface area contributed by atoms with E-state index in [9.17, 15) is 14.7 Å². The number of carbonyl (C=O) groups excluding carboxylic acids is 1. The molecule has 120 valence electrons. The number of hydrogen-bond donors (Lipinski definition) is 2. The Morgan fingerprint density at radius 3 is 2.82 bits per heavy atom. The van der Waals surface area contributed by atoms with E-state index in [0.29, 0.717) is 32.7 Å². The Morgan fingerprint density at radius 1 is 1.50 bits per heavy atom. The van der Waals surface area contributed by atoms with Crippen LogP contribution in [0.5, 0.6) is 0 Å². The number of aliphatic carboxylic acids is 1. The molecular formula is C14H20N4O3S. The van der Waals surface area contributed by atoms with E-state index in [1.54, 1.807) is 16.2 Å². The summed E-state index contributed by atoms with van der Waals surface area (Å²) in [4.78, 5) is 31.6. The summed E-state index contributed by atoms with van der Waals surface area (Å²) >= 11 is 1.55. The molecule has 3 heterocycles. The van der Waals surface area contributed by atoms with Crippen LogP contribution < -0.4 is 5.32 Å². The molecule has 2 aliphatic heterocycles. The molecule has 0 bridgehead atoms. The molecule has 0 spiro atoms. The number of carboxylic acids is 1. The number of thiazole rings is 1. The van der Waals surface area contributed by atoms with E-state index in [0.717, 1.165) is 10.8 Å². The van der Waals surface area contributed by atoms with Gasteiger partial charge in [-0.25, -0.2) is 4.98 Å². The molecule has 2 saturated heterocycles. The van der Waals surface area contributed by atoms with Gasteiger partial charge in [0.1, 0.15) is 5.41 Å². The summed E-state index contributed by atoms with van der Waals surface area (Å²) in [5.74, 6) is -0.839. The van der Waals surface area contributed by atoms with E-state index >= 15 is 0 Å². The van der Waals surface area contributed by atoms with Crippen LogP contribution in [0.4, 0.5) is 5.13 Å². The molecule has 0 unspecified atom stereocenters. The normalized spacial score (nSPS) is 27.9. The average Bonchev–Trinajstić information content (AvgIpc) is 3.10. The summed E-state index contributed by atoms with van der Waals surface area (Å²) < 4.78 is 0. The fraction of sp³-hybridized carbons (Fsp3) is 0.643. The second-order valence-corrected chi connectivity index (χ2v) is 6.98. The third kappa shape index (κ3) is 2.46. The average molecular weight is 324 g/mol. The summed E-state index contributed by atoms with van der Waals surface area (Å²) in [6.45, 7) is 4.19. The molecule has 0 radical (unpaired) electrons. The first kappa shape index (κ1) is 15.2. The second kappa shape index (κ2) is 5.51. The van der Waals surface area contributed by atoms with E-state index in [-0.39, 0.29) is 11.8 Å². The minimum Gasteiger partial charge on any atom is -0.481 e. The number of nitrogens with one attached hydrogen (secondary N) is 1. The first-order valence-corrected chi connectivity index (χ1v) is 8.16. The van der Waals surface area contributed by atoms with E-state index < -0.39 is 11.4 Å². The van der Waals surface area contributed by atoms with Crippen molar-refractivity contribution in [3.8, 4) is 0 Å². The van der Waals surface area contributed by atoms with E-state index in [1.807, 2.05) is 12.4 Å². The fourth-order valence-corrected chi connectivity index (χ4v) is 4.22. The first-order valence-electron chi connectivity index (χ1n) is 7.28. The topological polar surface area (TPSA) is 85.8 Å². The number of rotatable bonds is 4. The van der Waals surface area contributed by atoms with Crippen LogP contribution in [-0.4, -0.2) is 65.0 Å². The fourth-order valence-electron chi connectivity index (χ4n) is 3.56. The van der Waals surface area contributed by atoms with Crippen molar-refractivity contribution in [1.82, 2.24) is 14.8 Å². The maximum atomic E-state index is 11.8. The smallest absolute Gasteiger partial charge is 0.313 e. The van der Waals surface area contributed by atoms with Gasteiger partial charge in [-0.3, -0.25) is 14.5 Å². The minimum absolute atomic E-state index is 0.00342. The third-order valence-electron chi connectivity index (χ3n) is 4.70. The Kier molecular flexibility index (Phi) is 3.82. The molecule has 0 saturated carbocycles. The SMILES string of the molecule is CNc1nc(CN2C[C@H]3CN(C(C)=O)C[C@@]3(C(=O)O)C2)cs1. The molecule has 1 aromatic heterocycles. The van der Waals surface area contributed by atoms with Crippen molar-refractivity contribution in [1.29, 1.82) is 0 Å². The van der Waals surface area contributed by atoms with Crippen molar-refractivity contribution in [3.05, 3.63) is 11.1 Å². The number of likely N-dealkylation sites (tertiary alicyclic amines) is 2. The number of fused-ring (bicyclic) bond motifs is 1. The zero-order valence-electron chi connectivity index (χ0n) is 12.7. The van der Waals surface area contributed by atoms with Gasteiger partial charge >= 0.3 is 5.97 Å². The van der Waals surface area contributed by atoms with Crippen LogP contribution in [0, 0.1) is 11.3 Å². The summed E-state index contributed by atoms with van der Waals surface area (Å²) in [6, 6.07) is 0. The predicted octanol–water partition coefficient (Wildman–Crippen LogP) is 0.550. The third-order valence-corrected chi connectivity index (χ3v) is 5.61. The Balaban J connectivity index is 1.72. The molecule has 2 fully saturated rings. The van der Waals surface area contributed by atoms with Crippen LogP contribution in [0.1, 0.15) is 12.6 Å². The highest BCUT2D eigenvalue weighted by Gasteiger charge is 2.58. The lowest BCUT2D eigenvalue weighted by atomic mass is 9.81. The molecule has 2 aliphatic rings. The van der Waals surface area contributed by atoms with Gasteiger partial charge in [0, 0.05) is 58.0 Å². The van der Waals surface area contributed by atoms with E-state index in [1.165, 1.54) is 6.92 Å². The highest BCUT2D eigenvalue weighted by atomic mass is 32.1. The Labute approximate surface area is 132 Å². The molecule has 0 aromatic carbocycles. The molecular weight excluding hydrogens is 304 g/mol. The second-order valence-electron chi connectivity index (χ2n) is 6.12. The molecule has 1 aromatic rings. The van der Waals surface area contributed by atoms with Gasteiger partial charge in [0.25, 0.3) is 0 Å². The van der Waals surface area contributed by atoms with Gasteiger partial charge < -0.3 is 15.3 Å². The van der Waals surface area contributed by atoms with Crippen molar-refractivity contribution < 1.29 is 14.7 Å². The minimum atomic E-state index is -0.826. The lowest BCUT2D eigenvalue weighted by Crippen LogP contribution is -2.41. The maximum Gasteiger partial charge on any atom is 0.313 e. The van der Waals surface area contributed by atoms with Crippen molar-refractivity contribution in [3.63, 3.8) is 0 Å². The lowest BCUT2D eigenvalue weighted by Gasteiger charge is -2.24. The number of anilines is 1. The number of amides is 1. The first-order chi connectivity index (χ1) is 10.4. The van der Waals surface area contributed by atoms with Gasteiger partial charge in [0.2, 0.25) is 5.91 Å². The van der Waals surface area contributed by atoms with Crippen molar-refractivity contribution in [2.75, 3.05) is 38.5 Å². The molecule has 3 rings (SSSR count). The molecule has 2 atom stereocenters. The highest BCUT2D eigenvalue weighted by Crippen LogP contribution is 2.43. The van der Waals surface area contributed by atoms with Gasteiger partial charge in [0.15, 0.2) is 5.13 Å². The van der Waals surface area contributed by atoms with Crippen LogP contribution in [0.25, 0.3) is 0 Å². The number of nitrogens with zero attached hydrogens (tertiary/aromatic N) is 3. The molecule has 0 aliphatic carbocycles. The Morgan fingerprint density at radius 2 is 2.27 bits per heavy atom. The molecule has 8 heteroatoms. The highest BCUT2D eigenvalue weighted by molar-refractivity contribution is 7.13. The largest absolute Gasteiger partial charge is 0.481 e. The molecule has 1 amide bonds. The molecule has 22 heavy (non-hydrogen) atoms. The summed E-state index contributed by atoms with van der Waals surface area (Å²) in [6.07, 6.45) is 0. The van der Waals surface area contributed by atoms with E-state index in [2.05, 4.69) is 15.2 Å². The predicted molar refractivity (Wildman–Crippen MR) is 82.8 cm³/mol. The summed E-state index contributed by atoms with van der Waals surface area (Å²) in [5.41, 5.74) is 0.131. The monoisotopic (exact) mass is 324 g/mol. The lowest BCUT2D eigenvalue weighted by molar-refractivity contribution is -0.149. The van der Waals surface area contributed by atoms with Gasteiger partial charge in [-0.1, -0.05) is 0 Å². The number of carbonyl (C=O) groups is 2. The zero-order chi connectivity index (χ0) is 15.9. The number of aromatic nitrogens is 1. The van der Waals surface area contributed by atoms with Crippen LogP contribution in [0.15, 0.2) is 5.38 Å². The van der Waals surface area contributed by atoms with E-state index in [4.69, 9.17) is 0 Å². The van der Waals surface area contributed by atoms with Crippen molar-refractivity contribution in [2.24, 2.45) is 11.3 Å². The zero-order valence-corrected chi connectivity index (χ0v) is 13.5. The van der Waals surface area contributed by atoms with Gasteiger partial charge in [-0.15, -0.1) is 11.3 Å². The summed E-state index contributed by atoms with van der Waals surface area (Å²) in [7, 11) is 1.83. The van der Waals surface area contributed by atoms with Crippen LogP contribution in [-0.2, 0) is 16.1 Å². The van der Waals surface area contributed by atoms with Gasteiger partial charge in [0.05, 0.1) is 5.69 Å². The molecule has 2 N–H and O–H groups in total. The number of carboxylic acid groups (broad SMARTS) is 1. The van der Waals surface area contributed by atoms with Gasteiger partial charge in [-0.2, -0.15) is 0 Å². The van der Waals surface area contributed by atoms with Crippen LogP contribution in [0.3, 0.4) is 0 Å². The van der Waals surface area contributed by atoms with Gasteiger partial charge in [-0.05, 0) is 0 Å². The Bertz CT molecular complexity index is 605. The molecule has 7 nitrogen and oxygen atoms in total. The van der Waals surface area contributed by atoms with Crippen molar-refractivity contribution in [2.45, 2.75) is 13.5 Å². The maximum absolute atomic E-state index is 11.8. The number of hydrogen-bond acceptors (Lipinski definition) is 6. The van der Waals surface area contributed by atoms with Crippen LogP contribution >= 0.6 is 11.3 Å². The standard InChI is InChI=1S/C14H20N4O3S/c1-9(19)18-4-10-3-17(7-14(10,8-18)12(20)21)5-11-6-22-13(15-2)16-11/h6,10H,3-5,7-8H2,1-2H3,(H,15,16)(H,20,21)/t10-,14-/m0/s1. The quantitative estimate of drug-likeness (QED) is 0.841. The summed E-state index contributed by atoms with van der Waals surface area (Å²) in [5, 5.41) is 15.6. The Hall–Kier alpha value is -1.67. The van der Waals surface area contributed by atoms with Crippen molar-refractivity contribution >= 4 is 28.3 Å². The van der Waals surface area contributed by atoms with Crippen LogP contribution in [0.2, 0.25) is 0 Å².